The van der Waals surface area contributed by atoms with Gasteiger partial charge in [-0.2, -0.15) is 0 Å². The topological polar surface area (TPSA) is 58.6 Å². The third-order valence-electron chi connectivity index (χ3n) is 2.63. The minimum atomic E-state index is -0.709. The van der Waals surface area contributed by atoms with Crippen molar-refractivity contribution in [3.05, 3.63) is 28.2 Å². The van der Waals surface area contributed by atoms with E-state index in [1.165, 1.54) is 0 Å². The lowest BCUT2D eigenvalue weighted by Crippen LogP contribution is -2.43. The van der Waals surface area contributed by atoms with Gasteiger partial charge in [0.25, 0.3) is 5.91 Å². The Kier molecular flexibility index (Phi) is 6.42. The van der Waals surface area contributed by atoms with E-state index in [1.807, 2.05) is 6.92 Å². The Morgan fingerprint density at radius 3 is 2.68 bits per heavy atom. The second-order valence-electron chi connectivity index (χ2n) is 4.13. The van der Waals surface area contributed by atoms with E-state index in [9.17, 15) is 4.79 Å². The molecule has 0 radical (unpaired) electrons. The molecule has 4 nitrogen and oxygen atoms in total. The summed E-state index contributed by atoms with van der Waals surface area (Å²) in [7, 11) is 0. The number of amides is 1. The molecule has 19 heavy (non-hydrogen) atoms. The predicted octanol–water partition coefficient (Wildman–Crippen LogP) is 2.65. The first-order valence-corrected chi connectivity index (χ1v) is 6.76. The van der Waals surface area contributed by atoms with Gasteiger partial charge >= 0.3 is 0 Å². The average molecular weight is 306 g/mol. The monoisotopic (exact) mass is 305 g/mol. The third-order valence-corrected chi connectivity index (χ3v) is 3.16. The Labute approximate surface area is 122 Å². The fourth-order valence-electron chi connectivity index (χ4n) is 1.41. The van der Waals surface area contributed by atoms with Crippen LogP contribution in [-0.4, -0.2) is 29.8 Å². The number of carbonyl (C=O) groups is 1. The molecule has 2 unspecified atom stereocenters. The van der Waals surface area contributed by atoms with E-state index < -0.39 is 6.10 Å². The van der Waals surface area contributed by atoms with Crippen LogP contribution in [0.2, 0.25) is 10.0 Å². The van der Waals surface area contributed by atoms with Crippen LogP contribution in [0.4, 0.5) is 0 Å². The largest absolute Gasteiger partial charge is 0.479 e. The number of hydrogen-bond donors (Lipinski definition) is 2. The van der Waals surface area contributed by atoms with Crippen molar-refractivity contribution in [2.75, 3.05) is 6.61 Å². The van der Waals surface area contributed by atoms with Crippen molar-refractivity contribution >= 4 is 29.1 Å². The summed E-state index contributed by atoms with van der Waals surface area (Å²) in [5.41, 5.74) is 0. The van der Waals surface area contributed by atoms with Crippen molar-refractivity contribution < 1.29 is 14.6 Å². The summed E-state index contributed by atoms with van der Waals surface area (Å²) in [6.45, 7) is 3.39. The Balaban J connectivity index is 2.63. The van der Waals surface area contributed by atoms with Crippen LogP contribution in [0.15, 0.2) is 18.2 Å². The van der Waals surface area contributed by atoms with Gasteiger partial charge in [-0.05, 0) is 31.5 Å². The number of ether oxygens (including phenoxy) is 1. The minimum Gasteiger partial charge on any atom is -0.479 e. The number of halogens is 2. The molecule has 0 spiro atoms. The molecule has 6 heteroatoms. The zero-order chi connectivity index (χ0) is 14.4. The summed E-state index contributed by atoms with van der Waals surface area (Å²) in [6.07, 6.45) is -0.0595. The fraction of sp³-hybridized carbons (Fsp3) is 0.462. The van der Waals surface area contributed by atoms with E-state index in [0.717, 1.165) is 0 Å². The molecule has 1 rings (SSSR count). The predicted molar refractivity (Wildman–Crippen MR) is 75.9 cm³/mol. The second kappa shape index (κ2) is 7.58. The molecule has 0 aliphatic carbocycles. The van der Waals surface area contributed by atoms with Gasteiger partial charge in [-0.25, -0.2) is 0 Å². The van der Waals surface area contributed by atoms with Crippen molar-refractivity contribution in [3.63, 3.8) is 0 Å². The van der Waals surface area contributed by atoms with Crippen LogP contribution >= 0.6 is 23.2 Å². The summed E-state index contributed by atoms with van der Waals surface area (Å²) < 4.78 is 5.47. The zero-order valence-corrected chi connectivity index (χ0v) is 12.3. The molecule has 0 saturated carbocycles. The Morgan fingerprint density at radius 1 is 1.47 bits per heavy atom. The van der Waals surface area contributed by atoms with Crippen molar-refractivity contribution in [2.24, 2.45) is 0 Å². The van der Waals surface area contributed by atoms with Crippen LogP contribution in [-0.2, 0) is 4.79 Å². The van der Waals surface area contributed by atoms with Gasteiger partial charge in [0, 0.05) is 5.02 Å². The van der Waals surface area contributed by atoms with E-state index in [2.05, 4.69) is 5.32 Å². The maximum absolute atomic E-state index is 11.8. The van der Waals surface area contributed by atoms with E-state index in [1.54, 1.807) is 25.1 Å². The quantitative estimate of drug-likeness (QED) is 0.849. The Bertz CT molecular complexity index is 436. The molecule has 2 N–H and O–H groups in total. The number of carbonyl (C=O) groups excluding carboxylic acids is 1. The maximum Gasteiger partial charge on any atom is 0.261 e. The van der Waals surface area contributed by atoms with E-state index >= 15 is 0 Å². The van der Waals surface area contributed by atoms with Gasteiger partial charge in [-0.1, -0.05) is 30.1 Å². The lowest BCUT2D eigenvalue weighted by Gasteiger charge is -2.19. The normalized spacial score (nSPS) is 13.7. The lowest BCUT2D eigenvalue weighted by atomic mass is 10.2. The lowest BCUT2D eigenvalue weighted by molar-refractivity contribution is -0.128. The van der Waals surface area contributed by atoms with Crippen LogP contribution in [0.25, 0.3) is 0 Å². The molecule has 0 fully saturated rings. The fourth-order valence-corrected chi connectivity index (χ4v) is 1.86. The number of rotatable bonds is 6. The van der Waals surface area contributed by atoms with Crippen molar-refractivity contribution in [1.29, 1.82) is 0 Å². The first-order valence-electron chi connectivity index (χ1n) is 6.00. The van der Waals surface area contributed by atoms with Gasteiger partial charge in [0.1, 0.15) is 5.75 Å². The zero-order valence-electron chi connectivity index (χ0n) is 10.8. The highest BCUT2D eigenvalue weighted by atomic mass is 35.5. The summed E-state index contributed by atoms with van der Waals surface area (Å²) in [4.78, 5) is 11.8. The summed E-state index contributed by atoms with van der Waals surface area (Å²) in [5, 5.41) is 12.6. The molecule has 106 valence electrons. The van der Waals surface area contributed by atoms with Gasteiger partial charge in [0.2, 0.25) is 0 Å². The number of hydrogen-bond acceptors (Lipinski definition) is 3. The van der Waals surface area contributed by atoms with Gasteiger partial charge in [-0.3, -0.25) is 4.79 Å². The van der Waals surface area contributed by atoms with Crippen LogP contribution in [0.1, 0.15) is 20.3 Å². The first kappa shape index (κ1) is 16.1. The van der Waals surface area contributed by atoms with Crippen LogP contribution in [0, 0.1) is 0 Å². The van der Waals surface area contributed by atoms with E-state index in [0.29, 0.717) is 22.2 Å². The molecular weight excluding hydrogens is 289 g/mol. The number of aliphatic hydroxyl groups is 1. The number of benzene rings is 1. The third kappa shape index (κ3) is 4.90. The summed E-state index contributed by atoms with van der Waals surface area (Å²) in [6, 6.07) is 4.53. The van der Waals surface area contributed by atoms with Crippen molar-refractivity contribution in [2.45, 2.75) is 32.4 Å². The highest BCUT2D eigenvalue weighted by Crippen LogP contribution is 2.28. The van der Waals surface area contributed by atoms with Gasteiger partial charge in [-0.15, -0.1) is 0 Å². The number of nitrogens with one attached hydrogen (secondary N) is 1. The minimum absolute atomic E-state index is 0.101. The molecule has 0 heterocycles. The van der Waals surface area contributed by atoms with E-state index in [-0.39, 0.29) is 18.6 Å². The van der Waals surface area contributed by atoms with Gasteiger partial charge < -0.3 is 15.2 Å². The van der Waals surface area contributed by atoms with Crippen LogP contribution < -0.4 is 10.1 Å². The maximum atomic E-state index is 11.8. The highest BCUT2D eigenvalue weighted by molar-refractivity contribution is 6.35. The van der Waals surface area contributed by atoms with Crippen LogP contribution in [0.3, 0.4) is 0 Å². The molecule has 0 aromatic heterocycles. The SMILES string of the molecule is CCC(CO)NC(=O)C(C)Oc1ccc(Cl)cc1Cl. The average Bonchev–Trinajstić information content (AvgIpc) is 2.38. The van der Waals surface area contributed by atoms with Gasteiger partial charge in [0.15, 0.2) is 6.10 Å². The molecule has 2 atom stereocenters. The molecule has 0 aliphatic heterocycles. The second-order valence-corrected chi connectivity index (χ2v) is 4.97. The molecule has 0 saturated heterocycles. The molecule has 0 aliphatic rings. The standard InChI is InChI=1S/C13H17Cl2NO3/c1-3-10(7-17)16-13(18)8(2)19-12-5-4-9(14)6-11(12)15/h4-6,8,10,17H,3,7H2,1-2H3,(H,16,18). The summed E-state index contributed by atoms with van der Waals surface area (Å²) >= 11 is 11.7. The Morgan fingerprint density at radius 2 is 2.16 bits per heavy atom. The molecule has 0 bridgehead atoms. The van der Waals surface area contributed by atoms with Gasteiger partial charge in [0.05, 0.1) is 17.7 Å². The number of aliphatic hydroxyl groups excluding tert-OH is 1. The summed E-state index contributed by atoms with van der Waals surface area (Å²) in [5.74, 6) is 0.0951. The molecule has 1 amide bonds. The molecule has 1 aromatic rings. The van der Waals surface area contributed by atoms with Crippen molar-refractivity contribution in [1.82, 2.24) is 5.32 Å². The smallest absolute Gasteiger partial charge is 0.261 e. The highest BCUT2D eigenvalue weighted by Gasteiger charge is 2.18. The van der Waals surface area contributed by atoms with Crippen LogP contribution in [0.5, 0.6) is 5.75 Å². The first-order chi connectivity index (χ1) is 8.97. The van der Waals surface area contributed by atoms with Crippen molar-refractivity contribution in [3.8, 4) is 5.75 Å². The Hall–Kier alpha value is -0.970. The molecule has 1 aromatic carbocycles. The molecular formula is C13H17Cl2NO3. The van der Waals surface area contributed by atoms with E-state index in [4.69, 9.17) is 33.0 Å².